The van der Waals surface area contributed by atoms with Crippen LogP contribution in [0.3, 0.4) is 0 Å². The lowest BCUT2D eigenvalue weighted by atomic mass is 9.88. The van der Waals surface area contributed by atoms with E-state index in [0.29, 0.717) is 19.6 Å². The molecule has 0 bridgehead atoms. The Morgan fingerprint density at radius 3 is 2.55 bits per heavy atom. The number of ether oxygens (including phenoxy) is 1. The smallest absolute Gasteiger partial charge is 0.0706 e. The Morgan fingerprint density at radius 2 is 2.09 bits per heavy atom. The predicted molar refractivity (Wildman–Crippen MR) is 43.3 cm³/mol. The van der Waals surface area contributed by atoms with Crippen molar-refractivity contribution in [1.82, 2.24) is 0 Å². The van der Waals surface area contributed by atoms with E-state index in [1.54, 1.807) is 0 Å². The predicted octanol–water partition coefficient (Wildman–Crippen LogP) is 0.265. The number of nitrogens with two attached hydrogens (primary N) is 1. The van der Waals surface area contributed by atoms with Crippen LogP contribution in [0.1, 0.15) is 26.2 Å². The minimum Gasteiger partial charge on any atom is -0.390 e. The van der Waals surface area contributed by atoms with Gasteiger partial charge in [-0.05, 0) is 26.2 Å². The highest BCUT2D eigenvalue weighted by atomic mass is 16.5. The van der Waals surface area contributed by atoms with Gasteiger partial charge in [0, 0.05) is 19.3 Å². The molecule has 1 saturated heterocycles. The van der Waals surface area contributed by atoms with Crippen LogP contribution in [-0.4, -0.2) is 30.0 Å². The summed E-state index contributed by atoms with van der Waals surface area (Å²) >= 11 is 0. The fraction of sp³-hybridized carbons (Fsp3) is 1.00. The fourth-order valence-corrected chi connectivity index (χ4v) is 1.55. The minimum absolute atomic E-state index is 0.0816. The lowest BCUT2D eigenvalue weighted by Crippen LogP contribution is -2.40. The monoisotopic (exact) mass is 159 g/mol. The molecule has 1 aliphatic rings. The Kier molecular flexibility index (Phi) is 2.87. The largest absolute Gasteiger partial charge is 0.390 e. The Labute approximate surface area is 67.5 Å². The van der Waals surface area contributed by atoms with E-state index in [1.807, 2.05) is 6.92 Å². The van der Waals surface area contributed by atoms with Gasteiger partial charge >= 0.3 is 0 Å². The van der Waals surface area contributed by atoms with Gasteiger partial charge in [0.2, 0.25) is 0 Å². The molecular formula is C8H17NO2. The summed E-state index contributed by atoms with van der Waals surface area (Å²) in [6.45, 7) is 3.26. The van der Waals surface area contributed by atoms with Crippen LogP contribution in [0.4, 0.5) is 0 Å². The van der Waals surface area contributed by atoms with Crippen molar-refractivity contribution >= 4 is 0 Å². The maximum atomic E-state index is 9.88. The van der Waals surface area contributed by atoms with Crippen LogP contribution in [-0.2, 0) is 4.74 Å². The Bertz CT molecular complexity index is 119. The molecule has 0 aromatic heterocycles. The standard InChI is InChI=1S/C8H17NO2/c1-7(9)6-8(10)2-4-11-5-3-8/h7,10H,2-6,9H2,1H3. The van der Waals surface area contributed by atoms with E-state index >= 15 is 0 Å². The molecule has 3 heteroatoms. The zero-order valence-electron chi connectivity index (χ0n) is 7.05. The lowest BCUT2D eigenvalue weighted by molar-refractivity contribution is -0.0702. The van der Waals surface area contributed by atoms with Gasteiger partial charge < -0.3 is 15.6 Å². The van der Waals surface area contributed by atoms with Crippen LogP contribution in [0, 0.1) is 0 Å². The van der Waals surface area contributed by atoms with Crippen molar-refractivity contribution in [2.45, 2.75) is 37.8 Å². The van der Waals surface area contributed by atoms with E-state index < -0.39 is 5.60 Å². The van der Waals surface area contributed by atoms with Gasteiger partial charge in [-0.25, -0.2) is 0 Å². The van der Waals surface area contributed by atoms with E-state index in [1.165, 1.54) is 0 Å². The molecule has 1 atom stereocenters. The molecule has 66 valence electrons. The molecule has 1 unspecified atom stereocenters. The summed E-state index contributed by atoms with van der Waals surface area (Å²) in [5.74, 6) is 0. The van der Waals surface area contributed by atoms with Crippen molar-refractivity contribution < 1.29 is 9.84 Å². The summed E-state index contributed by atoms with van der Waals surface area (Å²) in [7, 11) is 0. The summed E-state index contributed by atoms with van der Waals surface area (Å²) in [4.78, 5) is 0. The summed E-state index contributed by atoms with van der Waals surface area (Å²) < 4.78 is 5.15. The maximum absolute atomic E-state index is 9.88. The summed E-state index contributed by atoms with van der Waals surface area (Å²) in [6.07, 6.45) is 2.15. The summed E-state index contributed by atoms with van der Waals surface area (Å²) in [5.41, 5.74) is 5.06. The van der Waals surface area contributed by atoms with E-state index in [4.69, 9.17) is 10.5 Å². The van der Waals surface area contributed by atoms with Crippen LogP contribution in [0.25, 0.3) is 0 Å². The second-order valence-electron chi connectivity index (χ2n) is 3.52. The molecule has 3 N–H and O–H groups in total. The van der Waals surface area contributed by atoms with E-state index in [0.717, 1.165) is 12.8 Å². The molecular weight excluding hydrogens is 142 g/mol. The summed E-state index contributed by atoms with van der Waals surface area (Å²) in [6, 6.07) is 0.0816. The first-order valence-electron chi connectivity index (χ1n) is 4.18. The molecule has 0 amide bonds. The molecule has 1 aliphatic heterocycles. The van der Waals surface area contributed by atoms with Gasteiger partial charge in [0.1, 0.15) is 0 Å². The van der Waals surface area contributed by atoms with Crippen molar-refractivity contribution in [3.8, 4) is 0 Å². The van der Waals surface area contributed by atoms with Crippen LogP contribution in [0.15, 0.2) is 0 Å². The highest BCUT2D eigenvalue weighted by Crippen LogP contribution is 2.24. The molecule has 0 aliphatic carbocycles. The van der Waals surface area contributed by atoms with Crippen LogP contribution in [0.2, 0.25) is 0 Å². The van der Waals surface area contributed by atoms with Gasteiger partial charge in [0.25, 0.3) is 0 Å². The molecule has 0 aromatic carbocycles. The second-order valence-corrected chi connectivity index (χ2v) is 3.52. The van der Waals surface area contributed by atoms with Crippen LogP contribution < -0.4 is 5.73 Å². The van der Waals surface area contributed by atoms with Gasteiger partial charge in [-0.15, -0.1) is 0 Å². The van der Waals surface area contributed by atoms with Crippen LogP contribution >= 0.6 is 0 Å². The lowest BCUT2D eigenvalue weighted by Gasteiger charge is -2.33. The van der Waals surface area contributed by atoms with Crippen molar-refractivity contribution in [1.29, 1.82) is 0 Å². The average molecular weight is 159 g/mol. The Hall–Kier alpha value is -0.120. The third-order valence-electron chi connectivity index (χ3n) is 2.13. The van der Waals surface area contributed by atoms with Crippen molar-refractivity contribution in [2.75, 3.05) is 13.2 Å². The maximum Gasteiger partial charge on any atom is 0.0706 e. The third-order valence-corrected chi connectivity index (χ3v) is 2.13. The number of hydrogen-bond acceptors (Lipinski definition) is 3. The highest BCUT2D eigenvalue weighted by Gasteiger charge is 2.30. The fourth-order valence-electron chi connectivity index (χ4n) is 1.55. The number of hydrogen-bond donors (Lipinski definition) is 2. The molecule has 0 saturated carbocycles. The van der Waals surface area contributed by atoms with Gasteiger partial charge in [0.05, 0.1) is 5.60 Å². The van der Waals surface area contributed by atoms with Gasteiger partial charge in [0.15, 0.2) is 0 Å². The first-order chi connectivity index (χ1) is 5.12. The first kappa shape index (κ1) is 8.97. The normalized spacial score (nSPS) is 26.5. The van der Waals surface area contributed by atoms with Gasteiger partial charge in [-0.2, -0.15) is 0 Å². The summed E-state index contributed by atoms with van der Waals surface area (Å²) in [5, 5.41) is 9.88. The Morgan fingerprint density at radius 1 is 1.55 bits per heavy atom. The molecule has 1 heterocycles. The average Bonchev–Trinajstić information content (AvgIpc) is 1.85. The zero-order valence-corrected chi connectivity index (χ0v) is 7.05. The Balaban J connectivity index is 2.37. The SMILES string of the molecule is CC(N)CC1(O)CCOCC1. The van der Waals surface area contributed by atoms with Gasteiger partial charge in [-0.1, -0.05) is 0 Å². The molecule has 0 spiro atoms. The molecule has 3 nitrogen and oxygen atoms in total. The molecule has 0 radical (unpaired) electrons. The second kappa shape index (κ2) is 3.52. The van der Waals surface area contributed by atoms with Crippen molar-refractivity contribution in [3.05, 3.63) is 0 Å². The molecule has 11 heavy (non-hydrogen) atoms. The number of rotatable bonds is 2. The van der Waals surface area contributed by atoms with E-state index in [2.05, 4.69) is 0 Å². The number of aliphatic hydroxyl groups is 1. The van der Waals surface area contributed by atoms with Gasteiger partial charge in [-0.3, -0.25) is 0 Å². The first-order valence-corrected chi connectivity index (χ1v) is 4.18. The topological polar surface area (TPSA) is 55.5 Å². The highest BCUT2D eigenvalue weighted by molar-refractivity contribution is 4.83. The minimum atomic E-state index is -0.549. The van der Waals surface area contributed by atoms with Crippen molar-refractivity contribution in [3.63, 3.8) is 0 Å². The quantitative estimate of drug-likeness (QED) is 0.608. The van der Waals surface area contributed by atoms with E-state index in [9.17, 15) is 5.11 Å². The third kappa shape index (κ3) is 2.77. The molecule has 0 aromatic rings. The molecule has 1 rings (SSSR count). The van der Waals surface area contributed by atoms with Crippen molar-refractivity contribution in [2.24, 2.45) is 5.73 Å². The van der Waals surface area contributed by atoms with E-state index in [-0.39, 0.29) is 6.04 Å². The van der Waals surface area contributed by atoms with Crippen LogP contribution in [0.5, 0.6) is 0 Å². The molecule has 1 fully saturated rings. The zero-order chi connectivity index (χ0) is 8.32.